The first-order valence-corrected chi connectivity index (χ1v) is 5.50. The van der Waals surface area contributed by atoms with Crippen molar-refractivity contribution in [2.24, 2.45) is 11.5 Å². The molecule has 0 spiro atoms. The number of hydrogen-bond acceptors (Lipinski definition) is 3. The van der Waals surface area contributed by atoms with E-state index in [1.807, 2.05) is 0 Å². The molecule has 0 heterocycles. The third-order valence-electron chi connectivity index (χ3n) is 2.49. The molecule has 0 aliphatic rings. The van der Waals surface area contributed by atoms with Gasteiger partial charge in [0.05, 0.1) is 18.5 Å². The van der Waals surface area contributed by atoms with Crippen molar-refractivity contribution in [1.29, 1.82) is 0 Å². The second-order valence-corrected chi connectivity index (χ2v) is 4.06. The van der Waals surface area contributed by atoms with Gasteiger partial charge in [0, 0.05) is 0 Å². The Kier molecular flexibility index (Phi) is 4.79. The van der Waals surface area contributed by atoms with Gasteiger partial charge < -0.3 is 16.8 Å². The number of rotatable bonds is 5. The molecule has 0 bridgehead atoms. The fourth-order valence-electron chi connectivity index (χ4n) is 1.46. The Hall–Kier alpha value is -1.95. The molecule has 0 saturated carbocycles. The summed E-state index contributed by atoms with van der Waals surface area (Å²) in [7, 11) is 0. The molecule has 0 fully saturated rings. The summed E-state index contributed by atoms with van der Waals surface area (Å²) in [6.07, 6.45) is -0.206. The molecule has 5 N–H and O–H groups in total. The summed E-state index contributed by atoms with van der Waals surface area (Å²) < 4.78 is 12.7. The van der Waals surface area contributed by atoms with Gasteiger partial charge in [-0.3, -0.25) is 9.59 Å². The Morgan fingerprint density at radius 3 is 2.39 bits per heavy atom. The molecule has 0 saturated heterocycles. The summed E-state index contributed by atoms with van der Waals surface area (Å²) in [6.45, 7) is 1.74. The summed E-state index contributed by atoms with van der Waals surface area (Å²) in [4.78, 5) is 22.2. The van der Waals surface area contributed by atoms with E-state index in [4.69, 9.17) is 11.5 Å². The molecule has 1 rings (SSSR count). The topological polar surface area (TPSA) is 98.2 Å². The van der Waals surface area contributed by atoms with Crippen LogP contribution in [-0.4, -0.2) is 17.9 Å². The van der Waals surface area contributed by atoms with Crippen LogP contribution in [0.5, 0.6) is 0 Å². The van der Waals surface area contributed by atoms with E-state index in [0.29, 0.717) is 0 Å². The zero-order valence-electron chi connectivity index (χ0n) is 10.0. The molecular weight excluding hydrogens is 237 g/mol. The normalized spacial score (nSPS) is 13.7. The number of primary amides is 1. The third kappa shape index (κ3) is 4.14. The first kappa shape index (κ1) is 14.1. The molecule has 2 unspecified atom stereocenters. The van der Waals surface area contributed by atoms with Crippen LogP contribution in [0.25, 0.3) is 0 Å². The number of carbonyl (C=O) groups excluding carboxylic acids is 2. The highest BCUT2D eigenvalue weighted by molar-refractivity contribution is 5.87. The van der Waals surface area contributed by atoms with E-state index in [2.05, 4.69) is 5.32 Å². The smallest absolute Gasteiger partial charge is 0.237 e. The van der Waals surface area contributed by atoms with Gasteiger partial charge in [-0.25, -0.2) is 4.39 Å². The summed E-state index contributed by atoms with van der Waals surface area (Å²) >= 11 is 0. The van der Waals surface area contributed by atoms with Gasteiger partial charge in [-0.15, -0.1) is 0 Å². The number of halogens is 1. The summed E-state index contributed by atoms with van der Waals surface area (Å²) in [5.74, 6) is -1.44. The van der Waals surface area contributed by atoms with Gasteiger partial charge in [-0.05, 0) is 24.6 Å². The summed E-state index contributed by atoms with van der Waals surface area (Å²) in [5.41, 5.74) is 11.2. The van der Waals surface area contributed by atoms with E-state index in [-0.39, 0.29) is 18.3 Å². The number of benzene rings is 1. The van der Waals surface area contributed by atoms with Crippen molar-refractivity contribution in [3.05, 3.63) is 35.6 Å². The van der Waals surface area contributed by atoms with Crippen LogP contribution in [0.3, 0.4) is 0 Å². The van der Waals surface area contributed by atoms with Crippen LogP contribution in [0.1, 0.15) is 24.9 Å². The number of amides is 2. The highest BCUT2D eigenvalue weighted by atomic mass is 19.1. The highest BCUT2D eigenvalue weighted by Crippen LogP contribution is 2.12. The molecule has 98 valence electrons. The van der Waals surface area contributed by atoms with Crippen LogP contribution in [0.2, 0.25) is 0 Å². The van der Waals surface area contributed by atoms with Crippen molar-refractivity contribution in [3.63, 3.8) is 0 Å². The molecule has 0 radical (unpaired) electrons. The van der Waals surface area contributed by atoms with Gasteiger partial charge in [0.2, 0.25) is 11.8 Å². The standard InChI is InChI=1S/C12H16FN3O2/c1-7(8-2-4-9(13)5-3-8)16-12(18)10(14)6-11(15)17/h2-5,7,10H,6,14H2,1H3,(H2,15,17)(H,16,18). The van der Waals surface area contributed by atoms with E-state index in [1.54, 1.807) is 19.1 Å². The Bertz CT molecular complexity index is 433. The van der Waals surface area contributed by atoms with Crippen LogP contribution in [0, 0.1) is 5.82 Å². The molecule has 18 heavy (non-hydrogen) atoms. The summed E-state index contributed by atoms with van der Waals surface area (Å²) in [6, 6.07) is 4.46. The number of nitrogens with one attached hydrogen (secondary N) is 1. The maximum absolute atomic E-state index is 12.7. The molecule has 0 aliphatic carbocycles. The quantitative estimate of drug-likeness (QED) is 0.699. The second-order valence-electron chi connectivity index (χ2n) is 4.06. The molecule has 1 aromatic carbocycles. The van der Waals surface area contributed by atoms with Crippen LogP contribution < -0.4 is 16.8 Å². The summed E-state index contributed by atoms with van der Waals surface area (Å²) in [5, 5.41) is 2.63. The molecule has 2 atom stereocenters. The minimum Gasteiger partial charge on any atom is -0.370 e. The number of carbonyl (C=O) groups is 2. The number of nitrogens with two attached hydrogens (primary N) is 2. The average Bonchev–Trinajstić information content (AvgIpc) is 2.28. The van der Waals surface area contributed by atoms with Crippen LogP contribution >= 0.6 is 0 Å². The van der Waals surface area contributed by atoms with Crippen molar-refractivity contribution in [2.45, 2.75) is 25.4 Å². The van der Waals surface area contributed by atoms with Crippen LogP contribution in [0.4, 0.5) is 4.39 Å². The Balaban J connectivity index is 2.59. The molecule has 2 amide bonds. The fourth-order valence-corrected chi connectivity index (χ4v) is 1.46. The van der Waals surface area contributed by atoms with Gasteiger partial charge >= 0.3 is 0 Å². The highest BCUT2D eigenvalue weighted by Gasteiger charge is 2.18. The van der Waals surface area contributed by atoms with Crippen molar-refractivity contribution in [1.82, 2.24) is 5.32 Å². The molecular formula is C12H16FN3O2. The van der Waals surface area contributed by atoms with Crippen molar-refractivity contribution in [3.8, 4) is 0 Å². The monoisotopic (exact) mass is 253 g/mol. The van der Waals surface area contributed by atoms with Gasteiger partial charge in [-0.1, -0.05) is 12.1 Å². The predicted molar refractivity (Wildman–Crippen MR) is 64.7 cm³/mol. The lowest BCUT2D eigenvalue weighted by Gasteiger charge is -2.17. The van der Waals surface area contributed by atoms with E-state index in [9.17, 15) is 14.0 Å². The van der Waals surface area contributed by atoms with Crippen molar-refractivity contribution >= 4 is 11.8 Å². The van der Waals surface area contributed by atoms with E-state index in [1.165, 1.54) is 12.1 Å². The van der Waals surface area contributed by atoms with Gasteiger partial charge in [0.15, 0.2) is 0 Å². The second kappa shape index (κ2) is 6.11. The van der Waals surface area contributed by atoms with Crippen LogP contribution in [0.15, 0.2) is 24.3 Å². The Labute approximate surface area is 104 Å². The lowest BCUT2D eigenvalue weighted by atomic mass is 10.1. The lowest BCUT2D eigenvalue weighted by molar-refractivity contribution is -0.126. The largest absolute Gasteiger partial charge is 0.370 e. The lowest BCUT2D eigenvalue weighted by Crippen LogP contribution is -2.43. The van der Waals surface area contributed by atoms with Gasteiger partial charge in [0.25, 0.3) is 0 Å². The first-order valence-electron chi connectivity index (χ1n) is 5.50. The Morgan fingerprint density at radius 2 is 1.89 bits per heavy atom. The minimum absolute atomic E-state index is 0.206. The van der Waals surface area contributed by atoms with E-state index < -0.39 is 17.9 Å². The molecule has 1 aromatic rings. The van der Waals surface area contributed by atoms with Gasteiger partial charge in [-0.2, -0.15) is 0 Å². The van der Waals surface area contributed by atoms with Crippen LogP contribution in [-0.2, 0) is 9.59 Å². The number of hydrogen-bond donors (Lipinski definition) is 3. The molecule has 0 aromatic heterocycles. The SMILES string of the molecule is CC(NC(=O)C(N)CC(N)=O)c1ccc(F)cc1. The average molecular weight is 253 g/mol. The van der Waals surface area contributed by atoms with Crippen molar-refractivity contribution < 1.29 is 14.0 Å². The molecule has 6 heteroatoms. The maximum atomic E-state index is 12.7. The zero-order chi connectivity index (χ0) is 13.7. The Morgan fingerprint density at radius 1 is 1.33 bits per heavy atom. The van der Waals surface area contributed by atoms with E-state index >= 15 is 0 Å². The van der Waals surface area contributed by atoms with Gasteiger partial charge in [0.1, 0.15) is 5.82 Å². The maximum Gasteiger partial charge on any atom is 0.237 e. The minimum atomic E-state index is -0.967. The zero-order valence-corrected chi connectivity index (χ0v) is 10.0. The third-order valence-corrected chi connectivity index (χ3v) is 2.49. The first-order chi connectivity index (χ1) is 8.40. The van der Waals surface area contributed by atoms with E-state index in [0.717, 1.165) is 5.56 Å². The fraction of sp³-hybridized carbons (Fsp3) is 0.333. The molecule has 5 nitrogen and oxygen atoms in total. The van der Waals surface area contributed by atoms with Crippen molar-refractivity contribution in [2.75, 3.05) is 0 Å². The predicted octanol–water partition coefficient (Wildman–Crippen LogP) is 0.206. The molecule has 0 aliphatic heterocycles.